The van der Waals surface area contributed by atoms with Crippen LogP contribution in [0.4, 0.5) is 15.9 Å². The van der Waals surface area contributed by atoms with E-state index in [-0.39, 0.29) is 17.3 Å². The number of nitrogens with zero attached hydrogens (tertiary/aromatic N) is 6. The third kappa shape index (κ3) is 4.04. The highest BCUT2D eigenvalue weighted by Gasteiger charge is 2.29. The smallest absolute Gasteiger partial charge is 0.227 e. The second-order valence-electron chi connectivity index (χ2n) is 10.1. The van der Waals surface area contributed by atoms with Gasteiger partial charge in [0.25, 0.3) is 0 Å². The number of amides is 1. The van der Waals surface area contributed by atoms with E-state index < -0.39 is 5.82 Å². The van der Waals surface area contributed by atoms with Crippen molar-refractivity contribution in [1.29, 1.82) is 0 Å². The van der Waals surface area contributed by atoms with Gasteiger partial charge in [-0.3, -0.25) is 14.9 Å². The van der Waals surface area contributed by atoms with E-state index in [1.54, 1.807) is 18.6 Å². The average molecular weight is 512 g/mol. The van der Waals surface area contributed by atoms with Crippen LogP contribution in [0.3, 0.4) is 0 Å². The maximum atomic E-state index is 15.2. The van der Waals surface area contributed by atoms with Crippen molar-refractivity contribution in [2.24, 2.45) is 5.92 Å². The predicted octanol–water partition coefficient (Wildman–Crippen LogP) is 3.80. The van der Waals surface area contributed by atoms with Crippen molar-refractivity contribution in [2.75, 3.05) is 43.4 Å². The highest BCUT2D eigenvalue weighted by atomic mass is 19.1. The van der Waals surface area contributed by atoms with Gasteiger partial charge in [0.1, 0.15) is 16.7 Å². The molecule has 0 radical (unpaired) electrons. The standard InChI is InChI=1S/C27H26FN9O/c1-36-6-8-37(9-7-36)26-24-21(4-5-30-26)32-25(33-24)23-19-11-16(12-20(28)22(19)34-35-23)17-10-18(14-29-13-17)31-27(38)15-2-3-15/h4-5,10-15H,2-3,6-9H2,1H3,(H,31,38)(H,32,33)(H,34,35). The number of piperazine rings is 1. The lowest BCUT2D eigenvalue weighted by atomic mass is 10.0. The molecule has 2 fully saturated rings. The van der Waals surface area contributed by atoms with Gasteiger partial charge < -0.3 is 20.1 Å². The Hall–Kier alpha value is -4.38. The number of likely N-dealkylation sites (N-methyl/N-ethyl adjacent to an activating group) is 1. The largest absolute Gasteiger partial charge is 0.352 e. The predicted molar refractivity (Wildman–Crippen MR) is 143 cm³/mol. The SMILES string of the molecule is CN1CCN(c2nccc3[nH]c(-c4[nH]nc5c(F)cc(-c6cncc(NC(=O)C7CC7)c6)cc45)nc23)CC1. The molecule has 0 unspecified atom stereocenters. The zero-order valence-electron chi connectivity index (χ0n) is 20.8. The number of carbonyl (C=O) groups excluding carboxylic acids is 1. The number of fused-ring (bicyclic) bond motifs is 2. The van der Waals surface area contributed by atoms with Gasteiger partial charge >= 0.3 is 0 Å². The Morgan fingerprint density at radius 1 is 1.08 bits per heavy atom. The minimum atomic E-state index is -0.455. The van der Waals surface area contributed by atoms with Crippen molar-refractivity contribution >= 4 is 39.3 Å². The summed E-state index contributed by atoms with van der Waals surface area (Å²) in [5.41, 5.74) is 4.36. The lowest BCUT2D eigenvalue weighted by Crippen LogP contribution is -2.44. The van der Waals surface area contributed by atoms with Gasteiger partial charge in [-0.25, -0.2) is 14.4 Å². The summed E-state index contributed by atoms with van der Waals surface area (Å²) >= 11 is 0. The second-order valence-corrected chi connectivity index (χ2v) is 10.1. The molecule has 5 heterocycles. The first-order valence-corrected chi connectivity index (χ1v) is 12.8. The lowest BCUT2D eigenvalue weighted by molar-refractivity contribution is -0.117. The molecule has 38 heavy (non-hydrogen) atoms. The molecule has 192 valence electrons. The van der Waals surface area contributed by atoms with Gasteiger partial charge in [-0.15, -0.1) is 0 Å². The molecule has 1 saturated heterocycles. The van der Waals surface area contributed by atoms with Crippen molar-refractivity contribution in [3.8, 4) is 22.6 Å². The number of benzene rings is 1. The molecular formula is C27H26FN9O. The highest BCUT2D eigenvalue weighted by Crippen LogP contribution is 2.34. The number of hydrogen-bond donors (Lipinski definition) is 3. The Bertz CT molecular complexity index is 1680. The molecule has 2 aliphatic rings. The molecular weight excluding hydrogens is 485 g/mol. The zero-order chi connectivity index (χ0) is 25.8. The van der Waals surface area contributed by atoms with Crippen LogP contribution in [0.25, 0.3) is 44.6 Å². The van der Waals surface area contributed by atoms with E-state index >= 15 is 4.39 Å². The van der Waals surface area contributed by atoms with Gasteiger partial charge in [0, 0.05) is 55.4 Å². The Morgan fingerprint density at radius 3 is 2.74 bits per heavy atom. The summed E-state index contributed by atoms with van der Waals surface area (Å²) in [5, 5.41) is 10.7. The Kier molecular flexibility index (Phi) is 5.32. The Balaban J connectivity index is 1.27. The van der Waals surface area contributed by atoms with Gasteiger partial charge in [-0.1, -0.05) is 0 Å². The topological polar surface area (TPSA) is 119 Å². The van der Waals surface area contributed by atoms with Crippen LogP contribution in [0.2, 0.25) is 0 Å². The van der Waals surface area contributed by atoms with Gasteiger partial charge in [0.2, 0.25) is 5.91 Å². The summed E-state index contributed by atoms with van der Waals surface area (Å²) in [7, 11) is 2.12. The van der Waals surface area contributed by atoms with E-state index in [0.717, 1.165) is 55.9 Å². The monoisotopic (exact) mass is 511 g/mol. The number of aromatic amines is 2. The molecule has 3 N–H and O–H groups in total. The molecule has 0 bridgehead atoms. The van der Waals surface area contributed by atoms with Crippen LogP contribution in [-0.4, -0.2) is 74.2 Å². The maximum Gasteiger partial charge on any atom is 0.227 e. The fraction of sp³-hybridized carbons (Fsp3) is 0.296. The van der Waals surface area contributed by atoms with Crippen molar-refractivity contribution in [3.63, 3.8) is 0 Å². The Labute approximate surface area is 217 Å². The molecule has 5 aromatic rings. The van der Waals surface area contributed by atoms with Gasteiger partial charge in [-0.05, 0) is 49.7 Å². The van der Waals surface area contributed by atoms with Crippen LogP contribution in [0.1, 0.15) is 12.8 Å². The number of aromatic nitrogens is 6. The molecule has 1 amide bonds. The van der Waals surface area contributed by atoms with Crippen molar-refractivity contribution in [3.05, 3.63) is 48.7 Å². The number of nitrogens with one attached hydrogen (secondary N) is 3. The maximum absolute atomic E-state index is 15.2. The molecule has 1 aliphatic carbocycles. The van der Waals surface area contributed by atoms with E-state index in [9.17, 15) is 4.79 Å². The van der Waals surface area contributed by atoms with Crippen molar-refractivity contribution < 1.29 is 9.18 Å². The van der Waals surface area contributed by atoms with Crippen molar-refractivity contribution in [2.45, 2.75) is 12.8 Å². The van der Waals surface area contributed by atoms with Crippen LogP contribution in [0.5, 0.6) is 0 Å². The number of rotatable bonds is 5. The fourth-order valence-corrected chi connectivity index (χ4v) is 4.97. The quantitative estimate of drug-likeness (QED) is 0.328. The second kappa shape index (κ2) is 8.88. The molecule has 4 aromatic heterocycles. The van der Waals surface area contributed by atoms with Crippen LogP contribution in [-0.2, 0) is 4.79 Å². The molecule has 0 atom stereocenters. The van der Waals surface area contributed by atoms with Crippen LogP contribution in [0, 0.1) is 11.7 Å². The fourth-order valence-electron chi connectivity index (χ4n) is 4.97. The van der Waals surface area contributed by atoms with Crippen LogP contribution < -0.4 is 10.2 Å². The number of carbonyl (C=O) groups is 1. The number of H-pyrrole nitrogens is 2. The molecule has 1 aromatic carbocycles. The summed E-state index contributed by atoms with van der Waals surface area (Å²) in [6.07, 6.45) is 6.87. The first-order valence-electron chi connectivity index (χ1n) is 12.8. The summed E-state index contributed by atoms with van der Waals surface area (Å²) in [5.74, 6) is 1.02. The van der Waals surface area contributed by atoms with E-state index in [1.807, 2.05) is 18.2 Å². The van der Waals surface area contributed by atoms with E-state index in [0.29, 0.717) is 33.7 Å². The average Bonchev–Trinajstić information content (AvgIpc) is 3.55. The normalized spacial score (nSPS) is 16.4. The number of hydrogen-bond acceptors (Lipinski definition) is 7. The van der Waals surface area contributed by atoms with Crippen LogP contribution in [0.15, 0.2) is 42.9 Å². The first-order chi connectivity index (χ1) is 18.5. The molecule has 0 spiro atoms. The third-order valence-electron chi connectivity index (χ3n) is 7.32. The molecule has 7 rings (SSSR count). The number of halogens is 1. The summed E-state index contributed by atoms with van der Waals surface area (Å²) in [4.78, 5) is 33.9. The number of anilines is 2. The van der Waals surface area contributed by atoms with E-state index in [1.165, 1.54) is 6.07 Å². The number of imidazole rings is 1. The minimum absolute atomic E-state index is 0.00183. The Morgan fingerprint density at radius 2 is 1.92 bits per heavy atom. The minimum Gasteiger partial charge on any atom is -0.352 e. The van der Waals surface area contributed by atoms with Gasteiger partial charge in [0.05, 0.1) is 17.4 Å². The first kappa shape index (κ1) is 22.8. The van der Waals surface area contributed by atoms with Gasteiger partial charge in [0.15, 0.2) is 17.5 Å². The van der Waals surface area contributed by atoms with Gasteiger partial charge in [-0.2, -0.15) is 5.10 Å². The molecule has 1 saturated carbocycles. The summed E-state index contributed by atoms with van der Waals surface area (Å²) < 4.78 is 15.2. The molecule has 10 nitrogen and oxygen atoms in total. The summed E-state index contributed by atoms with van der Waals surface area (Å²) in [6, 6.07) is 7.00. The van der Waals surface area contributed by atoms with E-state index in [4.69, 9.17) is 4.98 Å². The summed E-state index contributed by atoms with van der Waals surface area (Å²) in [6.45, 7) is 3.67. The third-order valence-corrected chi connectivity index (χ3v) is 7.32. The molecule has 1 aliphatic heterocycles. The van der Waals surface area contributed by atoms with Crippen LogP contribution >= 0.6 is 0 Å². The van der Waals surface area contributed by atoms with E-state index in [2.05, 4.69) is 47.3 Å². The highest BCUT2D eigenvalue weighted by molar-refractivity contribution is 5.98. The molecule has 11 heteroatoms. The lowest BCUT2D eigenvalue weighted by Gasteiger charge is -2.33. The number of pyridine rings is 2. The zero-order valence-corrected chi connectivity index (χ0v) is 20.8. The van der Waals surface area contributed by atoms with Crippen molar-refractivity contribution in [1.82, 2.24) is 35.0 Å².